The Hall–Kier alpha value is -5.67. The summed E-state index contributed by atoms with van der Waals surface area (Å²) in [5.41, 5.74) is 8.43. The van der Waals surface area contributed by atoms with Gasteiger partial charge in [0.15, 0.2) is 0 Å². The van der Waals surface area contributed by atoms with Crippen molar-refractivity contribution in [1.29, 1.82) is 0 Å². The number of rotatable bonds is 19. The third kappa shape index (κ3) is 11.9. The van der Waals surface area contributed by atoms with E-state index in [4.69, 9.17) is 28.8 Å². The van der Waals surface area contributed by atoms with E-state index in [-0.39, 0.29) is 13.0 Å². The van der Waals surface area contributed by atoms with Crippen molar-refractivity contribution in [3.05, 3.63) is 220 Å². The van der Waals surface area contributed by atoms with Gasteiger partial charge in [-0.25, -0.2) is 0 Å². The Labute approximate surface area is 341 Å². The lowest BCUT2D eigenvalue weighted by atomic mass is 9.89. The summed E-state index contributed by atoms with van der Waals surface area (Å²) in [5, 5.41) is 8.99. The molecule has 1 heterocycles. The Kier molecular flexibility index (Phi) is 14.8. The molecule has 0 bridgehead atoms. The first-order chi connectivity index (χ1) is 28.6. The van der Waals surface area contributed by atoms with E-state index in [1.165, 1.54) is 0 Å². The lowest BCUT2D eigenvalue weighted by Crippen LogP contribution is -2.58. The normalized spacial score (nSPS) is 19.3. The maximum Gasteiger partial charge on any atom is 0.307 e. The Morgan fingerprint density at radius 3 is 1.59 bits per heavy atom. The molecule has 58 heavy (non-hydrogen) atoms. The van der Waals surface area contributed by atoms with Crippen molar-refractivity contribution in [2.75, 3.05) is 6.61 Å². The summed E-state index contributed by atoms with van der Waals surface area (Å²) in [7, 11) is 0. The first-order valence-corrected chi connectivity index (χ1v) is 19.9. The van der Waals surface area contributed by atoms with Crippen LogP contribution in [0.15, 0.2) is 176 Å². The van der Waals surface area contributed by atoms with Crippen LogP contribution in [0.3, 0.4) is 0 Å². The SMILES string of the molecule is O=C(O)C/C=C/c1ccc(Cc2cccc([C@@H]3O[C@H](COCc4ccccc4)C(OCc4ccccc4)[C@H](OCc4ccccc4)[C@H]3OCc3ccccc3)c2)cc1. The van der Waals surface area contributed by atoms with Gasteiger partial charge in [-0.3, -0.25) is 4.79 Å². The minimum atomic E-state index is -0.849. The molecule has 0 spiro atoms. The number of hydrogen-bond donors (Lipinski definition) is 1. The largest absolute Gasteiger partial charge is 0.481 e. The highest BCUT2D eigenvalue weighted by molar-refractivity contribution is 5.70. The molecule has 1 unspecified atom stereocenters. The highest BCUT2D eigenvalue weighted by Crippen LogP contribution is 2.39. The molecule has 0 aliphatic carbocycles. The predicted octanol–water partition coefficient (Wildman–Crippen LogP) is 10.2. The average molecular weight is 775 g/mol. The van der Waals surface area contributed by atoms with Gasteiger partial charge in [-0.15, -0.1) is 0 Å². The zero-order valence-corrected chi connectivity index (χ0v) is 32.6. The molecular weight excluding hydrogens is 725 g/mol. The molecule has 0 saturated carbocycles. The van der Waals surface area contributed by atoms with Gasteiger partial charge in [0.05, 0.1) is 39.5 Å². The number of benzene rings is 6. The molecule has 1 saturated heterocycles. The fourth-order valence-corrected chi connectivity index (χ4v) is 7.22. The van der Waals surface area contributed by atoms with Gasteiger partial charge >= 0.3 is 5.97 Å². The Bertz CT molecular complexity index is 2140. The van der Waals surface area contributed by atoms with Crippen molar-refractivity contribution in [2.45, 2.75) is 69.8 Å². The number of aliphatic carboxylic acids is 1. The molecule has 5 atom stereocenters. The van der Waals surface area contributed by atoms with Gasteiger partial charge in [0, 0.05) is 0 Å². The zero-order chi connectivity index (χ0) is 39.8. The van der Waals surface area contributed by atoms with E-state index in [2.05, 4.69) is 84.9 Å². The third-order valence-corrected chi connectivity index (χ3v) is 10.2. The highest BCUT2D eigenvalue weighted by atomic mass is 16.6. The van der Waals surface area contributed by atoms with Crippen LogP contribution in [0.1, 0.15) is 57.0 Å². The molecule has 1 fully saturated rings. The van der Waals surface area contributed by atoms with Crippen LogP contribution in [0, 0.1) is 0 Å². The lowest BCUT2D eigenvalue weighted by Gasteiger charge is -2.46. The average Bonchev–Trinajstić information content (AvgIpc) is 3.26. The van der Waals surface area contributed by atoms with E-state index < -0.39 is 36.5 Å². The van der Waals surface area contributed by atoms with Gasteiger partial charge in [0.1, 0.15) is 30.5 Å². The third-order valence-electron chi connectivity index (χ3n) is 10.2. The summed E-state index contributed by atoms with van der Waals surface area (Å²) in [6, 6.07) is 57.4. The summed E-state index contributed by atoms with van der Waals surface area (Å²) < 4.78 is 34.4. The lowest BCUT2D eigenvalue weighted by molar-refractivity contribution is -0.275. The van der Waals surface area contributed by atoms with E-state index in [1.807, 2.05) is 91.0 Å². The predicted molar refractivity (Wildman–Crippen MR) is 226 cm³/mol. The van der Waals surface area contributed by atoms with Gasteiger partial charge < -0.3 is 28.8 Å². The van der Waals surface area contributed by atoms with Crippen LogP contribution in [0.25, 0.3) is 6.08 Å². The van der Waals surface area contributed by atoms with Crippen molar-refractivity contribution >= 4 is 12.0 Å². The van der Waals surface area contributed by atoms with Crippen LogP contribution in [-0.2, 0) is 61.3 Å². The van der Waals surface area contributed by atoms with Crippen molar-refractivity contribution in [1.82, 2.24) is 0 Å². The minimum Gasteiger partial charge on any atom is -0.481 e. The van der Waals surface area contributed by atoms with E-state index in [0.717, 1.165) is 44.5 Å². The quantitative estimate of drug-likeness (QED) is 0.0877. The highest BCUT2D eigenvalue weighted by Gasteiger charge is 2.49. The molecule has 7 rings (SSSR count). The first-order valence-electron chi connectivity index (χ1n) is 19.9. The van der Waals surface area contributed by atoms with E-state index >= 15 is 0 Å². The molecule has 0 amide bonds. The maximum atomic E-state index is 10.9. The minimum absolute atomic E-state index is 0.00804. The van der Waals surface area contributed by atoms with E-state index in [9.17, 15) is 4.79 Å². The summed E-state index contributed by atoms with van der Waals surface area (Å²) in [6.45, 7) is 1.82. The monoisotopic (exact) mass is 774 g/mol. The molecule has 6 aromatic rings. The van der Waals surface area contributed by atoms with Crippen molar-refractivity contribution in [3.63, 3.8) is 0 Å². The molecule has 7 nitrogen and oxygen atoms in total. The molecule has 1 aliphatic heterocycles. The van der Waals surface area contributed by atoms with Crippen molar-refractivity contribution in [2.24, 2.45) is 0 Å². The van der Waals surface area contributed by atoms with Crippen LogP contribution < -0.4 is 0 Å². The number of carboxylic acids is 1. The van der Waals surface area contributed by atoms with Crippen LogP contribution >= 0.6 is 0 Å². The molecule has 6 aromatic carbocycles. The Morgan fingerprint density at radius 1 is 0.534 bits per heavy atom. The van der Waals surface area contributed by atoms with Crippen LogP contribution in [0.4, 0.5) is 0 Å². The second-order valence-electron chi connectivity index (χ2n) is 14.5. The fraction of sp³-hybridized carbons (Fsp3) is 0.235. The number of carboxylic acid groups (broad SMARTS) is 1. The molecule has 296 valence electrons. The van der Waals surface area contributed by atoms with Gasteiger partial charge in [0.25, 0.3) is 0 Å². The summed E-state index contributed by atoms with van der Waals surface area (Å²) in [5.74, 6) is -0.849. The molecule has 1 aliphatic rings. The Balaban J connectivity index is 1.21. The summed E-state index contributed by atoms with van der Waals surface area (Å²) in [4.78, 5) is 10.9. The van der Waals surface area contributed by atoms with Crippen molar-refractivity contribution < 1.29 is 33.6 Å². The molecule has 0 aromatic heterocycles. The molecular formula is C51H50O7. The molecule has 7 heteroatoms. The smallest absolute Gasteiger partial charge is 0.307 e. The molecule has 1 N–H and O–H groups in total. The second kappa shape index (κ2) is 21.2. The number of carbonyl (C=O) groups is 1. The molecule has 0 radical (unpaired) electrons. The second-order valence-corrected chi connectivity index (χ2v) is 14.5. The van der Waals surface area contributed by atoms with Gasteiger partial charge in [-0.2, -0.15) is 0 Å². The summed E-state index contributed by atoms with van der Waals surface area (Å²) >= 11 is 0. The standard InChI is InChI=1S/C51H50O7/c52-47(53)26-14-23-38-27-29-39(30-28-38)31-44-24-13-25-45(32-44)48-50(56-35-42-19-9-3-10-20-42)51(57-36-43-21-11-4-12-22-43)49(55-34-41-17-7-2-8-18-41)46(58-48)37-54-33-40-15-5-1-6-16-40/h1-25,27-30,32,46,48-51H,26,31,33-37H2,(H,52,53)/b23-14+/t46-,48+,49?,50+,51+/m1/s1. The fourth-order valence-electron chi connectivity index (χ4n) is 7.22. The topological polar surface area (TPSA) is 83.5 Å². The van der Waals surface area contributed by atoms with Gasteiger partial charge in [-0.1, -0.05) is 182 Å². The van der Waals surface area contributed by atoms with Gasteiger partial charge in [-0.05, 0) is 50.9 Å². The number of hydrogen-bond acceptors (Lipinski definition) is 6. The van der Waals surface area contributed by atoms with E-state index in [1.54, 1.807) is 6.08 Å². The Morgan fingerprint density at radius 2 is 1.03 bits per heavy atom. The van der Waals surface area contributed by atoms with Gasteiger partial charge in [0.2, 0.25) is 0 Å². The number of ether oxygens (including phenoxy) is 5. The maximum absolute atomic E-state index is 10.9. The first kappa shape index (κ1) is 40.5. The summed E-state index contributed by atoms with van der Waals surface area (Å²) in [6.07, 6.45) is 1.61. The van der Waals surface area contributed by atoms with Crippen LogP contribution in [0.5, 0.6) is 0 Å². The van der Waals surface area contributed by atoms with Crippen molar-refractivity contribution in [3.8, 4) is 0 Å². The van der Waals surface area contributed by atoms with E-state index in [0.29, 0.717) is 32.8 Å². The zero-order valence-electron chi connectivity index (χ0n) is 32.6. The van der Waals surface area contributed by atoms with Crippen LogP contribution in [-0.4, -0.2) is 42.1 Å². The van der Waals surface area contributed by atoms with Crippen LogP contribution in [0.2, 0.25) is 0 Å².